The summed E-state index contributed by atoms with van der Waals surface area (Å²) < 4.78 is 7.36. The van der Waals surface area contributed by atoms with E-state index in [1.54, 1.807) is 18.4 Å². The third-order valence-electron chi connectivity index (χ3n) is 5.35. The molecule has 0 aliphatic carbocycles. The van der Waals surface area contributed by atoms with Crippen LogP contribution in [0.4, 0.5) is 0 Å². The molecule has 0 saturated carbocycles. The number of methoxy groups -OCH3 is 1. The molecule has 0 spiro atoms. The van der Waals surface area contributed by atoms with Crippen molar-refractivity contribution >= 4 is 17.3 Å². The molecule has 0 amide bonds. The van der Waals surface area contributed by atoms with E-state index in [0.29, 0.717) is 6.54 Å². The van der Waals surface area contributed by atoms with Crippen molar-refractivity contribution in [2.75, 3.05) is 20.2 Å². The molecule has 0 atom stereocenters. The highest BCUT2D eigenvalue weighted by atomic mass is 32.1. The summed E-state index contributed by atoms with van der Waals surface area (Å²) in [5.41, 5.74) is 1.10. The van der Waals surface area contributed by atoms with Crippen LogP contribution >= 0.6 is 11.3 Å². The Morgan fingerprint density at radius 1 is 1.19 bits per heavy atom. The highest BCUT2D eigenvalue weighted by molar-refractivity contribution is 7.09. The fraction of sp³-hybridized carbons (Fsp3) is 0.435. The lowest BCUT2D eigenvalue weighted by Gasteiger charge is -2.27. The lowest BCUT2D eigenvalue weighted by atomic mass is 9.84. The van der Waals surface area contributed by atoms with E-state index >= 15 is 0 Å². The Morgan fingerprint density at radius 2 is 2.03 bits per heavy atom. The third-order valence-corrected chi connectivity index (χ3v) is 6.29. The molecule has 2 N–H and O–H groups in total. The Balaban J connectivity index is 1.68. The molecule has 7 nitrogen and oxygen atoms in total. The van der Waals surface area contributed by atoms with E-state index in [1.165, 1.54) is 10.4 Å². The number of rotatable bonds is 9. The van der Waals surface area contributed by atoms with E-state index in [9.17, 15) is 0 Å². The molecule has 166 valence electrons. The first kappa shape index (κ1) is 22.8. The average Bonchev–Trinajstić information content (AvgIpc) is 3.40. The number of thiophene rings is 1. The number of aliphatic imine (C=N–C) groups is 1. The number of ether oxygens (including phenoxy) is 1. The van der Waals surface area contributed by atoms with Gasteiger partial charge in [0.2, 0.25) is 0 Å². The summed E-state index contributed by atoms with van der Waals surface area (Å²) in [5.74, 6) is 3.35. The predicted octanol–water partition coefficient (Wildman–Crippen LogP) is 3.45. The van der Waals surface area contributed by atoms with Crippen LogP contribution in [0.2, 0.25) is 0 Å². The maximum absolute atomic E-state index is 5.39. The molecule has 3 aromatic rings. The van der Waals surface area contributed by atoms with Crippen molar-refractivity contribution in [1.82, 2.24) is 25.4 Å². The van der Waals surface area contributed by atoms with E-state index in [-0.39, 0.29) is 5.41 Å². The van der Waals surface area contributed by atoms with E-state index in [1.807, 2.05) is 30.7 Å². The summed E-state index contributed by atoms with van der Waals surface area (Å²) in [6, 6.07) is 12.5. The summed E-state index contributed by atoms with van der Waals surface area (Å²) in [6.07, 6.45) is 0.959. The molecule has 0 bridgehead atoms. The smallest absolute Gasteiger partial charge is 0.191 e. The summed E-state index contributed by atoms with van der Waals surface area (Å²) >= 11 is 1.77. The van der Waals surface area contributed by atoms with Crippen LogP contribution in [0.25, 0.3) is 0 Å². The van der Waals surface area contributed by atoms with Gasteiger partial charge in [-0.3, -0.25) is 0 Å². The lowest BCUT2D eigenvalue weighted by Crippen LogP contribution is -2.44. The fourth-order valence-electron chi connectivity index (χ4n) is 3.12. The van der Waals surface area contributed by atoms with Gasteiger partial charge in [0.25, 0.3) is 0 Å². The minimum absolute atomic E-state index is 0.105. The van der Waals surface area contributed by atoms with Crippen molar-refractivity contribution in [2.24, 2.45) is 12.0 Å². The highest BCUT2D eigenvalue weighted by Gasteiger charge is 2.21. The molecule has 3 rings (SSSR count). The van der Waals surface area contributed by atoms with Crippen molar-refractivity contribution < 1.29 is 4.74 Å². The second kappa shape index (κ2) is 10.4. The monoisotopic (exact) mass is 440 g/mol. The highest BCUT2D eigenvalue weighted by Crippen LogP contribution is 2.25. The van der Waals surface area contributed by atoms with Gasteiger partial charge in [0, 0.05) is 30.4 Å². The van der Waals surface area contributed by atoms with Crippen LogP contribution in [0.5, 0.6) is 5.75 Å². The SMILES string of the molecule is COc1cccc(C(C)(C)CNC(=NCc2nnc(C)n2C)NCCc2cccs2)c1. The van der Waals surface area contributed by atoms with Gasteiger partial charge in [0.1, 0.15) is 18.1 Å². The second-order valence-electron chi connectivity index (χ2n) is 8.11. The van der Waals surface area contributed by atoms with Gasteiger partial charge in [-0.2, -0.15) is 0 Å². The Morgan fingerprint density at radius 3 is 2.71 bits per heavy atom. The van der Waals surface area contributed by atoms with Crippen LogP contribution in [0.3, 0.4) is 0 Å². The van der Waals surface area contributed by atoms with E-state index in [4.69, 9.17) is 9.73 Å². The molecule has 0 fully saturated rings. The topological polar surface area (TPSA) is 76.4 Å². The van der Waals surface area contributed by atoms with Crippen LogP contribution in [0.15, 0.2) is 46.8 Å². The number of aryl methyl sites for hydroxylation is 1. The zero-order valence-electron chi connectivity index (χ0n) is 19.0. The zero-order chi connectivity index (χ0) is 22.3. The van der Waals surface area contributed by atoms with Crippen molar-refractivity contribution in [3.8, 4) is 5.75 Å². The molecule has 8 heteroatoms. The fourth-order valence-corrected chi connectivity index (χ4v) is 3.83. The van der Waals surface area contributed by atoms with E-state index in [0.717, 1.165) is 42.9 Å². The Hall–Kier alpha value is -2.87. The largest absolute Gasteiger partial charge is 0.497 e. The number of benzene rings is 1. The molecule has 2 aromatic heterocycles. The van der Waals surface area contributed by atoms with Crippen LogP contribution in [0.1, 0.15) is 35.9 Å². The summed E-state index contributed by atoms with van der Waals surface area (Å²) in [4.78, 5) is 6.12. The zero-order valence-corrected chi connectivity index (χ0v) is 19.8. The molecule has 1 aromatic carbocycles. The quantitative estimate of drug-likeness (QED) is 0.394. The van der Waals surface area contributed by atoms with Gasteiger partial charge in [-0.05, 0) is 42.5 Å². The molecule has 0 saturated heterocycles. The maximum Gasteiger partial charge on any atom is 0.191 e. The number of hydrogen-bond acceptors (Lipinski definition) is 5. The molecule has 0 aliphatic heterocycles. The van der Waals surface area contributed by atoms with Crippen molar-refractivity contribution in [1.29, 1.82) is 0 Å². The summed E-state index contributed by atoms with van der Waals surface area (Å²) in [7, 11) is 3.66. The molecular weight excluding hydrogens is 408 g/mol. The summed E-state index contributed by atoms with van der Waals surface area (Å²) in [5, 5.41) is 17.4. The van der Waals surface area contributed by atoms with Crippen molar-refractivity contribution in [3.63, 3.8) is 0 Å². The van der Waals surface area contributed by atoms with Gasteiger partial charge in [-0.15, -0.1) is 21.5 Å². The number of nitrogens with one attached hydrogen (secondary N) is 2. The van der Waals surface area contributed by atoms with E-state index < -0.39 is 0 Å². The normalized spacial score (nSPS) is 12.1. The molecule has 0 unspecified atom stereocenters. The standard InChI is InChI=1S/C23H32N6OS/c1-17-27-28-21(29(17)4)15-25-22(24-12-11-20-10-7-13-31-20)26-16-23(2,3)18-8-6-9-19(14-18)30-5/h6-10,13-14H,11-12,15-16H2,1-5H3,(H2,24,25,26). The Kier molecular flexibility index (Phi) is 7.68. The minimum Gasteiger partial charge on any atom is -0.497 e. The molecular formula is C23H32N6OS. The van der Waals surface area contributed by atoms with Crippen molar-refractivity contribution in [2.45, 2.75) is 39.2 Å². The van der Waals surface area contributed by atoms with Gasteiger partial charge >= 0.3 is 0 Å². The maximum atomic E-state index is 5.39. The van der Waals surface area contributed by atoms with Crippen LogP contribution in [-0.4, -0.2) is 40.9 Å². The average molecular weight is 441 g/mol. The first-order valence-corrected chi connectivity index (χ1v) is 11.3. The third kappa shape index (κ3) is 6.30. The molecule has 0 radical (unpaired) electrons. The molecule has 31 heavy (non-hydrogen) atoms. The van der Waals surface area contributed by atoms with Crippen molar-refractivity contribution in [3.05, 3.63) is 63.9 Å². The number of hydrogen-bond donors (Lipinski definition) is 2. The van der Waals surface area contributed by atoms with Crippen LogP contribution in [-0.2, 0) is 25.4 Å². The first-order valence-electron chi connectivity index (χ1n) is 10.4. The van der Waals surface area contributed by atoms with Crippen LogP contribution in [0, 0.1) is 6.92 Å². The number of nitrogens with zero attached hydrogens (tertiary/aromatic N) is 4. The van der Waals surface area contributed by atoms with E-state index in [2.05, 4.69) is 64.3 Å². The number of aromatic nitrogens is 3. The molecule has 2 heterocycles. The second-order valence-corrected chi connectivity index (χ2v) is 9.15. The predicted molar refractivity (Wildman–Crippen MR) is 127 cm³/mol. The Bertz CT molecular complexity index is 993. The van der Waals surface area contributed by atoms with Crippen LogP contribution < -0.4 is 15.4 Å². The van der Waals surface area contributed by atoms with Gasteiger partial charge in [0.05, 0.1) is 7.11 Å². The van der Waals surface area contributed by atoms with Gasteiger partial charge in [-0.25, -0.2) is 4.99 Å². The molecule has 0 aliphatic rings. The first-order chi connectivity index (χ1) is 14.9. The number of guanidine groups is 1. The van der Waals surface area contributed by atoms with Gasteiger partial charge < -0.3 is 19.9 Å². The lowest BCUT2D eigenvalue weighted by molar-refractivity contribution is 0.411. The Labute approximate surface area is 188 Å². The summed E-state index contributed by atoms with van der Waals surface area (Å²) in [6.45, 7) is 8.36. The minimum atomic E-state index is -0.105. The van der Waals surface area contributed by atoms with Gasteiger partial charge in [0.15, 0.2) is 11.8 Å². The van der Waals surface area contributed by atoms with Gasteiger partial charge in [-0.1, -0.05) is 32.0 Å².